The number of nitrogens with one attached hydrogen (secondary N) is 2. The summed E-state index contributed by atoms with van der Waals surface area (Å²) in [6.07, 6.45) is 6.54. The predicted octanol–water partition coefficient (Wildman–Crippen LogP) is 6.10. The molecule has 0 spiro atoms. The van der Waals surface area contributed by atoms with E-state index in [9.17, 15) is 14.4 Å². The lowest BCUT2D eigenvalue weighted by Gasteiger charge is -2.35. The number of amides is 3. The van der Waals surface area contributed by atoms with Gasteiger partial charge in [0.25, 0.3) is 5.91 Å². The molecule has 3 amide bonds. The van der Waals surface area contributed by atoms with Crippen molar-refractivity contribution in [2.75, 3.05) is 5.32 Å². The molecule has 1 unspecified atom stereocenters. The van der Waals surface area contributed by atoms with Crippen molar-refractivity contribution in [3.63, 3.8) is 0 Å². The van der Waals surface area contributed by atoms with Crippen molar-refractivity contribution in [2.45, 2.75) is 31.6 Å². The fourth-order valence-electron chi connectivity index (χ4n) is 4.68. The number of imide groups is 1. The summed E-state index contributed by atoms with van der Waals surface area (Å²) in [5.41, 5.74) is 2.45. The summed E-state index contributed by atoms with van der Waals surface area (Å²) in [5, 5.41) is 6.15. The van der Waals surface area contributed by atoms with Crippen molar-refractivity contribution in [3.8, 4) is 0 Å². The summed E-state index contributed by atoms with van der Waals surface area (Å²) in [4.78, 5) is 42.4. The molecule has 37 heavy (non-hydrogen) atoms. The Labute approximate surface area is 222 Å². The van der Waals surface area contributed by atoms with Gasteiger partial charge in [0.2, 0.25) is 11.8 Å². The largest absolute Gasteiger partial charge is 0.465 e. The van der Waals surface area contributed by atoms with E-state index in [1.165, 1.54) is 0 Å². The number of fused-ring (bicyclic) bond motifs is 1. The molecular formula is C29H24BrN3O4. The number of hydrogen-bond donors (Lipinski definition) is 2. The van der Waals surface area contributed by atoms with Crippen molar-refractivity contribution in [3.05, 3.63) is 94.0 Å². The summed E-state index contributed by atoms with van der Waals surface area (Å²) in [6, 6.07) is 18.2. The van der Waals surface area contributed by atoms with Crippen LogP contribution in [0.25, 0.3) is 23.1 Å². The number of hydrogen-bond acceptors (Lipinski definition) is 5. The van der Waals surface area contributed by atoms with Crippen LogP contribution in [0.3, 0.4) is 0 Å². The number of piperidine rings is 1. The Kier molecular flexibility index (Phi) is 6.76. The van der Waals surface area contributed by atoms with Gasteiger partial charge in [0, 0.05) is 22.0 Å². The second-order valence-electron chi connectivity index (χ2n) is 8.95. The van der Waals surface area contributed by atoms with Gasteiger partial charge in [-0.1, -0.05) is 35.0 Å². The summed E-state index contributed by atoms with van der Waals surface area (Å²) < 4.78 is 6.19. The quantitative estimate of drug-likeness (QED) is 0.279. The molecule has 1 saturated heterocycles. The molecule has 2 N–H and O–H groups in total. The molecule has 1 aliphatic rings. The molecule has 3 heterocycles. The lowest BCUT2D eigenvalue weighted by Crippen LogP contribution is -2.51. The monoisotopic (exact) mass is 557 g/mol. The second kappa shape index (κ2) is 10.1. The molecule has 2 aromatic heterocycles. The van der Waals surface area contributed by atoms with Crippen molar-refractivity contribution in [2.24, 2.45) is 0 Å². The molecule has 1 aliphatic heterocycles. The first-order valence-electron chi connectivity index (χ1n) is 12.0. The molecule has 1 atom stereocenters. The van der Waals surface area contributed by atoms with Crippen LogP contribution in [0.1, 0.15) is 53.6 Å². The van der Waals surface area contributed by atoms with E-state index in [1.807, 2.05) is 43.3 Å². The van der Waals surface area contributed by atoms with Gasteiger partial charge in [0.05, 0.1) is 28.5 Å². The van der Waals surface area contributed by atoms with Crippen molar-refractivity contribution in [1.82, 2.24) is 10.3 Å². The van der Waals surface area contributed by atoms with Gasteiger partial charge in [0.1, 0.15) is 5.76 Å². The zero-order valence-electron chi connectivity index (χ0n) is 20.1. The fraction of sp³-hybridized carbons (Fsp3) is 0.172. The van der Waals surface area contributed by atoms with Crippen LogP contribution in [0.5, 0.6) is 0 Å². The standard InChI is InChI=1S/C29H24BrN3O4/c1-2-29(14-13-26(34)33-28(29)36)18-5-8-20(9-6-18)32-27(35)24-17-21(10-11-22-4-3-15-37-22)31-25-12-7-19(30)16-23(24)25/h3-12,15-17H,2,13-14H2,1H3,(H,32,35)(H,33,34,36)/b11-10+. The number of rotatable bonds is 6. The van der Waals surface area contributed by atoms with Crippen LogP contribution in [0, 0.1) is 0 Å². The van der Waals surface area contributed by atoms with Crippen LogP contribution >= 0.6 is 15.9 Å². The van der Waals surface area contributed by atoms with Gasteiger partial charge in [0.15, 0.2) is 0 Å². The maximum atomic E-state index is 13.4. The maximum Gasteiger partial charge on any atom is 0.256 e. The molecule has 4 aromatic rings. The van der Waals surface area contributed by atoms with Crippen LogP contribution < -0.4 is 10.6 Å². The number of nitrogens with zero attached hydrogens (tertiary/aromatic N) is 1. The Hall–Kier alpha value is -4.04. The van der Waals surface area contributed by atoms with Crippen LogP contribution in [0.2, 0.25) is 0 Å². The fourth-order valence-corrected chi connectivity index (χ4v) is 5.04. The van der Waals surface area contributed by atoms with Crippen LogP contribution in [-0.4, -0.2) is 22.7 Å². The molecular weight excluding hydrogens is 534 g/mol. The Bertz CT molecular complexity index is 1530. The first-order chi connectivity index (χ1) is 17.9. The maximum absolute atomic E-state index is 13.4. The van der Waals surface area contributed by atoms with Gasteiger partial charge in [-0.25, -0.2) is 4.98 Å². The number of benzene rings is 2. The molecule has 8 heteroatoms. The molecule has 0 bridgehead atoms. The van der Waals surface area contributed by atoms with E-state index in [0.29, 0.717) is 52.9 Å². The minimum Gasteiger partial charge on any atom is -0.465 e. The van der Waals surface area contributed by atoms with E-state index in [-0.39, 0.29) is 17.7 Å². The minimum atomic E-state index is -0.751. The molecule has 186 valence electrons. The number of aromatic nitrogens is 1. The molecule has 2 aromatic carbocycles. The smallest absolute Gasteiger partial charge is 0.256 e. The number of carbonyl (C=O) groups excluding carboxylic acids is 3. The Morgan fingerprint density at radius 3 is 2.65 bits per heavy atom. The molecule has 0 aliphatic carbocycles. The van der Waals surface area contributed by atoms with Gasteiger partial charge in [-0.15, -0.1) is 0 Å². The zero-order chi connectivity index (χ0) is 26.0. The van der Waals surface area contributed by atoms with Crippen molar-refractivity contribution < 1.29 is 18.8 Å². The van der Waals surface area contributed by atoms with Gasteiger partial charge in [-0.2, -0.15) is 0 Å². The zero-order valence-corrected chi connectivity index (χ0v) is 21.7. The van der Waals surface area contributed by atoms with Gasteiger partial charge < -0.3 is 9.73 Å². The predicted molar refractivity (Wildman–Crippen MR) is 146 cm³/mol. The number of pyridine rings is 1. The van der Waals surface area contributed by atoms with Gasteiger partial charge >= 0.3 is 0 Å². The minimum absolute atomic E-state index is 0.243. The lowest BCUT2D eigenvalue weighted by atomic mass is 9.72. The van der Waals surface area contributed by atoms with Crippen LogP contribution in [0.4, 0.5) is 5.69 Å². The second-order valence-corrected chi connectivity index (χ2v) is 9.87. The van der Waals surface area contributed by atoms with E-state index >= 15 is 0 Å². The summed E-state index contributed by atoms with van der Waals surface area (Å²) >= 11 is 3.48. The molecule has 0 saturated carbocycles. The molecule has 0 radical (unpaired) electrons. The van der Waals surface area contributed by atoms with E-state index in [1.54, 1.807) is 42.7 Å². The highest BCUT2D eigenvalue weighted by molar-refractivity contribution is 9.10. The highest BCUT2D eigenvalue weighted by Crippen LogP contribution is 2.36. The molecule has 7 nitrogen and oxygen atoms in total. The Morgan fingerprint density at radius 1 is 1.14 bits per heavy atom. The normalized spacial score (nSPS) is 17.8. The number of halogens is 1. The van der Waals surface area contributed by atoms with E-state index in [4.69, 9.17) is 4.42 Å². The molecule has 5 rings (SSSR count). The average Bonchev–Trinajstić information content (AvgIpc) is 3.42. The number of anilines is 1. The Balaban J connectivity index is 1.43. The summed E-state index contributed by atoms with van der Waals surface area (Å²) in [6.45, 7) is 1.94. The first-order valence-corrected chi connectivity index (χ1v) is 12.8. The van der Waals surface area contributed by atoms with E-state index < -0.39 is 5.41 Å². The summed E-state index contributed by atoms with van der Waals surface area (Å²) in [5.74, 6) is -0.110. The third kappa shape index (κ3) is 4.97. The van der Waals surface area contributed by atoms with E-state index in [2.05, 4.69) is 31.5 Å². The lowest BCUT2D eigenvalue weighted by molar-refractivity contribution is -0.138. The van der Waals surface area contributed by atoms with Crippen molar-refractivity contribution in [1.29, 1.82) is 0 Å². The first kappa shape index (κ1) is 24.6. The van der Waals surface area contributed by atoms with Crippen molar-refractivity contribution >= 4 is 62.4 Å². The number of furan rings is 1. The third-order valence-electron chi connectivity index (χ3n) is 6.76. The van der Waals surface area contributed by atoms with Gasteiger partial charge in [-0.3, -0.25) is 19.7 Å². The average molecular weight is 558 g/mol. The number of carbonyl (C=O) groups is 3. The highest BCUT2D eigenvalue weighted by Gasteiger charge is 2.42. The Morgan fingerprint density at radius 2 is 1.95 bits per heavy atom. The SMILES string of the molecule is CCC1(c2ccc(NC(=O)c3cc(/C=C/c4ccco4)nc4ccc(Br)cc34)cc2)CCC(=O)NC1=O. The van der Waals surface area contributed by atoms with Crippen LogP contribution in [-0.2, 0) is 15.0 Å². The van der Waals surface area contributed by atoms with Crippen LogP contribution in [0.15, 0.2) is 75.8 Å². The van der Waals surface area contributed by atoms with E-state index in [0.717, 1.165) is 10.0 Å². The van der Waals surface area contributed by atoms with Gasteiger partial charge in [-0.05, 0) is 79.1 Å². The topological polar surface area (TPSA) is 101 Å². The highest BCUT2D eigenvalue weighted by atomic mass is 79.9. The summed E-state index contributed by atoms with van der Waals surface area (Å²) in [7, 11) is 0. The molecule has 1 fully saturated rings. The third-order valence-corrected chi connectivity index (χ3v) is 7.26.